The minimum absolute atomic E-state index is 0.451. The third kappa shape index (κ3) is 3.70. The van der Waals surface area contributed by atoms with Crippen molar-refractivity contribution in [3.8, 4) is 0 Å². The maximum Gasteiger partial charge on any atom is 0.0795 e. The molecule has 0 bridgehead atoms. The van der Waals surface area contributed by atoms with Gasteiger partial charge < -0.3 is 0 Å². The molecule has 1 aromatic heterocycles. The van der Waals surface area contributed by atoms with Gasteiger partial charge in [-0.1, -0.05) is 19.3 Å². The largest absolute Gasteiger partial charge is 0.300 e. The maximum absolute atomic E-state index is 4.60. The highest BCUT2D eigenvalue weighted by molar-refractivity contribution is 7.80. The van der Waals surface area contributed by atoms with Gasteiger partial charge in [-0.25, -0.2) is 4.98 Å². The average molecular weight is 270 g/mol. The number of hydrogen-bond acceptors (Lipinski definition) is 4. The van der Waals surface area contributed by atoms with Crippen LogP contribution >= 0.6 is 24.0 Å². The van der Waals surface area contributed by atoms with E-state index < -0.39 is 0 Å². The molecule has 17 heavy (non-hydrogen) atoms. The van der Waals surface area contributed by atoms with Crippen molar-refractivity contribution < 1.29 is 0 Å². The summed E-state index contributed by atoms with van der Waals surface area (Å²) < 4.78 is 0. The van der Waals surface area contributed by atoms with E-state index in [-0.39, 0.29) is 0 Å². The molecule has 0 N–H and O–H groups in total. The lowest BCUT2D eigenvalue weighted by molar-refractivity contribution is 0.140. The zero-order chi connectivity index (χ0) is 12.1. The van der Waals surface area contributed by atoms with Gasteiger partial charge in [0.25, 0.3) is 0 Å². The smallest absolute Gasteiger partial charge is 0.0795 e. The van der Waals surface area contributed by atoms with Gasteiger partial charge in [0.15, 0.2) is 0 Å². The molecule has 0 saturated heterocycles. The molecule has 1 aliphatic carbocycles. The summed E-state index contributed by atoms with van der Waals surface area (Å²) in [6.45, 7) is 2.13. The zero-order valence-corrected chi connectivity index (χ0v) is 12.3. The van der Waals surface area contributed by atoms with Gasteiger partial charge in [-0.15, -0.1) is 11.3 Å². The molecule has 0 amide bonds. The van der Waals surface area contributed by atoms with Crippen LogP contribution < -0.4 is 0 Å². The van der Waals surface area contributed by atoms with Crippen molar-refractivity contribution in [2.24, 2.45) is 5.41 Å². The highest BCUT2D eigenvalue weighted by Crippen LogP contribution is 2.37. The van der Waals surface area contributed by atoms with Gasteiger partial charge >= 0.3 is 0 Å². The Balaban J connectivity index is 1.89. The Labute approximate surface area is 114 Å². The molecule has 1 saturated carbocycles. The summed E-state index contributed by atoms with van der Waals surface area (Å²) in [5, 5.41) is 2.14. The van der Waals surface area contributed by atoms with Crippen LogP contribution in [0, 0.1) is 5.41 Å². The SMILES string of the molecule is CN(Cc1cscn1)CC1(CS)CCCCC1. The molecular weight excluding hydrogens is 248 g/mol. The second-order valence-electron chi connectivity index (χ2n) is 5.37. The predicted octanol–water partition coefficient (Wildman–Crippen LogP) is 3.46. The predicted molar refractivity (Wildman–Crippen MR) is 77.8 cm³/mol. The molecule has 0 aromatic carbocycles. The van der Waals surface area contributed by atoms with Gasteiger partial charge in [0, 0.05) is 18.5 Å². The van der Waals surface area contributed by atoms with Gasteiger partial charge in [0.05, 0.1) is 11.2 Å². The molecule has 4 heteroatoms. The first kappa shape index (κ1) is 13.4. The molecule has 1 aliphatic rings. The van der Waals surface area contributed by atoms with Crippen molar-refractivity contribution in [3.05, 3.63) is 16.6 Å². The summed E-state index contributed by atoms with van der Waals surface area (Å²) in [5.41, 5.74) is 3.56. The monoisotopic (exact) mass is 270 g/mol. The Bertz CT molecular complexity index is 318. The highest BCUT2D eigenvalue weighted by atomic mass is 32.1. The molecule has 1 fully saturated rings. The van der Waals surface area contributed by atoms with Crippen LogP contribution in [0.15, 0.2) is 10.9 Å². The lowest BCUT2D eigenvalue weighted by atomic mass is 9.75. The average Bonchev–Trinajstić information content (AvgIpc) is 2.83. The molecule has 0 atom stereocenters. The fourth-order valence-corrected chi connectivity index (χ4v) is 3.85. The summed E-state index contributed by atoms with van der Waals surface area (Å²) in [5.74, 6) is 1.02. The van der Waals surface area contributed by atoms with Crippen molar-refractivity contribution in [1.82, 2.24) is 9.88 Å². The van der Waals surface area contributed by atoms with Crippen LogP contribution in [-0.4, -0.2) is 29.2 Å². The van der Waals surface area contributed by atoms with E-state index in [1.54, 1.807) is 11.3 Å². The summed E-state index contributed by atoms with van der Waals surface area (Å²) in [6, 6.07) is 0. The molecule has 1 heterocycles. The van der Waals surface area contributed by atoms with Crippen LogP contribution in [0.4, 0.5) is 0 Å². The van der Waals surface area contributed by atoms with Crippen molar-refractivity contribution in [2.75, 3.05) is 19.3 Å². The molecule has 1 aromatic rings. The molecule has 0 unspecified atom stereocenters. The quantitative estimate of drug-likeness (QED) is 0.825. The number of thiol groups is 1. The lowest BCUT2D eigenvalue weighted by Gasteiger charge is -2.39. The summed E-state index contributed by atoms with van der Waals surface area (Å²) in [7, 11) is 2.21. The number of nitrogens with zero attached hydrogens (tertiary/aromatic N) is 2. The maximum atomic E-state index is 4.60. The van der Waals surface area contributed by atoms with E-state index in [2.05, 4.69) is 34.9 Å². The van der Waals surface area contributed by atoms with Crippen molar-refractivity contribution in [1.29, 1.82) is 0 Å². The first-order chi connectivity index (χ1) is 8.24. The fraction of sp³-hybridized carbons (Fsp3) is 0.769. The normalized spacial score (nSPS) is 19.7. The van der Waals surface area contributed by atoms with E-state index in [9.17, 15) is 0 Å². The van der Waals surface area contributed by atoms with Crippen molar-refractivity contribution in [3.63, 3.8) is 0 Å². The zero-order valence-electron chi connectivity index (χ0n) is 10.6. The first-order valence-electron chi connectivity index (χ1n) is 6.41. The first-order valence-corrected chi connectivity index (χ1v) is 7.98. The summed E-state index contributed by atoms with van der Waals surface area (Å²) >= 11 is 6.28. The third-order valence-electron chi connectivity index (χ3n) is 3.77. The van der Waals surface area contributed by atoms with E-state index >= 15 is 0 Å². The van der Waals surface area contributed by atoms with E-state index in [0.29, 0.717) is 5.41 Å². The van der Waals surface area contributed by atoms with Crippen LogP contribution in [-0.2, 0) is 6.54 Å². The van der Waals surface area contributed by atoms with Gasteiger partial charge in [-0.3, -0.25) is 4.90 Å². The number of rotatable bonds is 5. The second-order valence-corrected chi connectivity index (χ2v) is 6.41. The minimum atomic E-state index is 0.451. The molecular formula is C13H22N2S2. The van der Waals surface area contributed by atoms with E-state index in [0.717, 1.165) is 18.8 Å². The molecule has 0 spiro atoms. The van der Waals surface area contributed by atoms with Crippen LogP contribution in [0.5, 0.6) is 0 Å². The summed E-state index contributed by atoms with van der Waals surface area (Å²) in [6.07, 6.45) is 6.86. The minimum Gasteiger partial charge on any atom is -0.300 e. The van der Waals surface area contributed by atoms with Crippen LogP contribution in [0.25, 0.3) is 0 Å². The van der Waals surface area contributed by atoms with Crippen LogP contribution in [0.1, 0.15) is 37.8 Å². The van der Waals surface area contributed by atoms with E-state index in [1.165, 1.54) is 37.8 Å². The summed E-state index contributed by atoms with van der Waals surface area (Å²) in [4.78, 5) is 6.77. The molecule has 2 rings (SSSR count). The van der Waals surface area contributed by atoms with E-state index in [4.69, 9.17) is 0 Å². The number of aromatic nitrogens is 1. The topological polar surface area (TPSA) is 16.1 Å². The fourth-order valence-electron chi connectivity index (χ4n) is 2.89. The Morgan fingerprint density at radius 2 is 2.18 bits per heavy atom. The van der Waals surface area contributed by atoms with Crippen molar-refractivity contribution in [2.45, 2.75) is 38.6 Å². The Hall–Kier alpha value is -0.0600. The number of hydrogen-bond donors (Lipinski definition) is 1. The van der Waals surface area contributed by atoms with Gasteiger partial charge in [-0.2, -0.15) is 12.6 Å². The molecule has 96 valence electrons. The van der Waals surface area contributed by atoms with Crippen molar-refractivity contribution >= 4 is 24.0 Å². The Kier molecular flexibility index (Phi) is 4.88. The molecule has 0 aliphatic heterocycles. The Morgan fingerprint density at radius 1 is 1.41 bits per heavy atom. The molecule has 0 radical (unpaired) electrons. The molecule has 2 nitrogen and oxygen atoms in total. The lowest BCUT2D eigenvalue weighted by Crippen LogP contribution is -2.38. The number of thiazole rings is 1. The highest BCUT2D eigenvalue weighted by Gasteiger charge is 2.31. The van der Waals surface area contributed by atoms with Crippen LogP contribution in [0.3, 0.4) is 0 Å². The van der Waals surface area contributed by atoms with Crippen LogP contribution in [0.2, 0.25) is 0 Å². The van der Waals surface area contributed by atoms with Gasteiger partial charge in [0.2, 0.25) is 0 Å². The Morgan fingerprint density at radius 3 is 2.76 bits per heavy atom. The van der Waals surface area contributed by atoms with E-state index in [1.807, 2.05) is 5.51 Å². The van der Waals surface area contributed by atoms with Gasteiger partial charge in [-0.05, 0) is 31.1 Å². The van der Waals surface area contributed by atoms with Gasteiger partial charge in [0.1, 0.15) is 0 Å². The second kappa shape index (κ2) is 6.21. The standard InChI is InChI=1S/C13H22N2S2/c1-15(7-12-8-17-11-14-12)9-13(10-16)5-3-2-4-6-13/h8,11,16H,2-7,9-10H2,1H3. The third-order valence-corrected chi connectivity index (χ3v) is 5.08.